The Morgan fingerprint density at radius 3 is 2.63 bits per heavy atom. The van der Waals surface area contributed by atoms with Crippen LogP contribution < -0.4 is 0 Å². The maximum atomic E-state index is 12.3. The van der Waals surface area contributed by atoms with Gasteiger partial charge in [-0.1, -0.05) is 4.47 Å². The van der Waals surface area contributed by atoms with Crippen molar-refractivity contribution in [3.8, 4) is 0 Å². The number of hydroxylamine groups is 1. The van der Waals surface area contributed by atoms with Gasteiger partial charge >= 0.3 is 0 Å². The highest BCUT2D eigenvalue weighted by atomic mass is 32.2. The van der Waals surface area contributed by atoms with E-state index in [1.165, 1.54) is 25.1 Å². The third-order valence-electron chi connectivity index (χ3n) is 2.89. The molecule has 2 rings (SSSR count). The lowest BCUT2D eigenvalue weighted by Gasteiger charge is -2.25. The average molecular weight is 286 g/mol. The van der Waals surface area contributed by atoms with Gasteiger partial charge in [-0.15, -0.1) is 0 Å². The summed E-state index contributed by atoms with van der Waals surface area (Å²) < 4.78 is 25.6. The van der Waals surface area contributed by atoms with E-state index in [2.05, 4.69) is 0 Å². The van der Waals surface area contributed by atoms with Crippen molar-refractivity contribution in [1.29, 1.82) is 0 Å². The lowest BCUT2D eigenvalue weighted by molar-refractivity contribution is -0.385. The first-order chi connectivity index (χ1) is 8.93. The molecule has 1 aliphatic rings. The summed E-state index contributed by atoms with van der Waals surface area (Å²) in [4.78, 5) is 15.3. The van der Waals surface area contributed by atoms with Gasteiger partial charge < -0.3 is 0 Å². The summed E-state index contributed by atoms with van der Waals surface area (Å²) >= 11 is 0. The zero-order chi connectivity index (χ0) is 14.0. The summed E-state index contributed by atoms with van der Waals surface area (Å²) in [6, 6.07) is 3.68. The summed E-state index contributed by atoms with van der Waals surface area (Å²) in [7, 11) is -3.75. The number of benzene rings is 1. The molecule has 0 spiro atoms. The lowest BCUT2D eigenvalue weighted by atomic mass is 10.2. The molecule has 19 heavy (non-hydrogen) atoms. The van der Waals surface area contributed by atoms with Crippen LogP contribution >= 0.6 is 0 Å². The third-order valence-corrected chi connectivity index (χ3v) is 4.72. The second-order valence-corrected chi connectivity index (χ2v) is 6.08. The van der Waals surface area contributed by atoms with E-state index >= 15 is 0 Å². The number of sulfonamides is 1. The summed E-state index contributed by atoms with van der Waals surface area (Å²) in [5.74, 6) is 0. The monoisotopic (exact) mass is 286 g/mol. The standard InChI is InChI=1S/C11H14N2O5S/c1-9-8-10(13(14)15)4-5-11(9)19(16,17)12-6-2-3-7-18-12/h4-5,8H,2-3,6-7H2,1H3. The third kappa shape index (κ3) is 2.75. The summed E-state index contributed by atoms with van der Waals surface area (Å²) in [5, 5.41) is 10.6. The predicted octanol–water partition coefficient (Wildman–Crippen LogP) is 1.62. The fraction of sp³-hybridized carbons (Fsp3) is 0.455. The molecule has 1 heterocycles. The maximum absolute atomic E-state index is 12.3. The molecular weight excluding hydrogens is 272 g/mol. The molecule has 0 radical (unpaired) electrons. The summed E-state index contributed by atoms with van der Waals surface area (Å²) in [5.41, 5.74) is 0.208. The maximum Gasteiger partial charge on any atom is 0.269 e. The van der Waals surface area contributed by atoms with Crippen molar-refractivity contribution in [2.45, 2.75) is 24.7 Å². The minimum Gasteiger partial charge on any atom is -0.284 e. The fourth-order valence-electron chi connectivity index (χ4n) is 1.91. The highest BCUT2D eigenvalue weighted by Crippen LogP contribution is 2.25. The van der Waals surface area contributed by atoms with Crippen molar-refractivity contribution in [3.05, 3.63) is 33.9 Å². The van der Waals surface area contributed by atoms with Gasteiger partial charge in [0.2, 0.25) is 0 Å². The first-order valence-corrected chi connectivity index (χ1v) is 7.27. The highest BCUT2D eigenvalue weighted by molar-refractivity contribution is 7.89. The normalized spacial score (nSPS) is 17.3. The molecule has 0 unspecified atom stereocenters. The van der Waals surface area contributed by atoms with Gasteiger partial charge in [-0.3, -0.25) is 15.0 Å². The van der Waals surface area contributed by atoms with Crippen LogP contribution in [0.1, 0.15) is 18.4 Å². The van der Waals surface area contributed by atoms with Crippen LogP contribution in [0.2, 0.25) is 0 Å². The van der Waals surface area contributed by atoms with E-state index in [1.807, 2.05) is 0 Å². The number of nitro benzene ring substituents is 1. The zero-order valence-corrected chi connectivity index (χ0v) is 11.2. The zero-order valence-electron chi connectivity index (χ0n) is 10.4. The quantitative estimate of drug-likeness (QED) is 0.622. The number of hydrogen-bond donors (Lipinski definition) is 0. The first kappa shape index (κ1) is 13.9. The van der Waals surface area contributed by atoms with Crippen LogP contribution in [0, 0.1) is 17.0 Å². The number of rotatable bonds is 3. The van der Waals surface area contributed by atoms with Crippen LogP contribution in [0.5, 0.6) is 0 Å². The second kappa shape index (κ2) is 5.24. The van der Waals surface area contributed by atoms with Crippen LogP contribution in [0.25, 0.3) is 0 Å². The topological polar surface area (TPSA) is 89.8 Å². The molecule has 0 atom stereocenters. The lowest BCUT2D eigenvalue weighted by Crippen LogP contribution is -2.36. The minimum atomic E-state index is -3.75. The van der Waals surface area contributed by atoms with Gasteiger partial charge in [0.1, 0.15) is 0 Å². The van der Waals surface area contributed by atoms with Crippen LogP contribution in [-0.2, 0) is 14.9 Å². The molecule has 1 aromatic carbocycles. The minimum absolute atomic E-state index is 0.0417. The first-order valence-electron chi connectivity index (χ1n) is 5.83. The molecule has 0 aliphatic carbocycles. The van der Waals surface area contributed by atoms with E-state index in [9.17, 15) is 18.5 Å². The van der Waals surface area contributed by atoms with Crippen LogP contribution in [0.4, 0.5) is 5.69 Å². The van der Waals surface area contributed by atoms with Crippen molar-refractivity contribution in [1.82, 2.24) is 4.47 Å². The van der Waals surface area contributed by atoms with Gasteiger partial charge in [-0.25, -0.2) is 8.42 Å². The smallest absolute Gasteiger partial charge is 0.269 e. The molecule has 104 valence electrons. The fourth-order valence-corrected chi connectivity index (χ4v) is 3.42. The Bertz CT molecular complexity index is 593. The van der Waals surface area contributed by atoms with E-state index in [0.29, 0.717) is 18.7 Å². The Kier molecular flexibility index (Phi) is 3.83. The molecular formula is C11H14N2O5S. The summed E-state index contributed by atoms with van der Waals surface area (Å²) in [6.45, 7) is 2.20. The van der Waals surface area contributed by atoms with Gasteiger partial charge in [-0.2, -0.15) is 0 Å². The molecule has 1 aliphatic heterocycles. The van der Waals surface area contributed by atoms with Crippen LogP contribution in [-0.4, -0.2) is 31.0 Å². The second-order valence-electron chi connectivity index (χ2n) is 4.28. The molecule has 0 N–H and O–H groups in total. The van der Waals surface area contributed by atoms with E-state index in [0.717, 1.165) is 17.3 Å². The molecule has 0 saturated carbocycles. The molecule has 0 bridgehead atoms. The van der Waals surface area contributed by atoms with Crippen molar-refractivity contribution in [3.63, 3.8) is 0 Å². The van der Waals surface area contributed by atoms with Crippen LogP contribution in [0.15, 0.2) is 23.1 Å². The molecule has 0 amide bonds. The van der Waals surface area contributed by atoms with Gasteiger partial charge in [0.25, 0.3) is 15.7 Å². The Morgan fingerprint density at radius 2 is 2.11 bits per heavy atom. The predicted molar refractivity (Wildman–Crippen MR) is 66.9 cm³/mol. The number of hydrogen-bond acceptors (Lipinski definition) is 5. The SMILES string of the molecule is Cc1cc([N+](=O)[O-])ccc1S(=O)(=O)N1CCCCO1. The number of non-ortho nitro benzene ring substituents is 1. The molecule has 7 nitrogen and oxygen atoms in total. The molecule has 0 aromatic heterocycles. The van der Waals surface area contributed by atoms with Crippen molar-refractivity contribution in [2.75, 3.05) is 13.2 Å². The van der Waals surface area contributed by atoms with Gasteiger partial charge in [0, 0.05) is 18.7 Å². The van der Waals surface area contributed by atoms with Crippen molar-refractivity contribution in [2.24, 2.45) is 0 Å². The average Bonchev–Trinajstić information content (AvgIpc) is 2.39. The van der Waals surface area contributed by atoms with Crippen molar-refractivity contribution < 1.29 is 18.2 Å². The Morgan fingerprint density at radius 1 is 1.37 bits per heavy atom. The summed E-state index contributed by atoms with van der Waals surface area (Å²) in [6.07, 6.45) is 1.57. The van der Waals surface area contributed by atoms with E-state index in [-0.39, 0.29) is 10.6 Å². The van der Waals surface area contributed by atoms with E-state index in [1.54, 1.807) is 0 Å². The van der Waals surface area contributed by atoms with Gasteiger partial charge in [0.05, 0.1) is 16.4 Å². The van der Waals surface area contributed by atoms with Gasteiger partial charge in [0.15, 0.2) is 0 Å². The number of nitro groups is 1. The molecule has 1 aromatic rings. The van der Waals surface area contributed by atoms with E-state index < -0.39 is 14.9 Å². The van der Waals surface area contributed by atoms with Crippen molar-refractivity contribution >= 4 is 15.7 Å². The van der Waals surface area contributed by atoms with Gasteiger partial charge in [-0.05, 0) is 31.4 Å². The molecule has 1 saturated heterocycles. The van der Waals surface area contributed by atoms with E-state index in [4.69, 9.17) is 4.84 Å². The Balaban J connectivity index is 2.37. The number of aryl methyl sites for hydroxylation is 1. The Labute approximate surface area is 110 Å². The highest BCUT2D eigenvalue weighted by Gasteiger charge is 2.29. The largest absolute Gasteiger partial charge is 0.284 e. The Hall–Kier alpha value is -1.51. The molecule has 8 heteroatoms. The van der Waals surface area contributed by atoms with Crippen LogP contribution in [0.3, 0.4) is 0 Å². The number of nitrogens with zero attached hydrogens (tertiary/aromatic N) is 2. The molecule has 1 fully saturated rings.